The molecule has 0 saturated carbocycles. The molecule has 22 heavy (non-hydrogen) atoms. The van der Waals surface area contributed by atoms with Crippen LogP contribution in [0.25, 0.3) is 22.5 Å². The molecular formula is C18H14BN3. The minimum absolute atomic E-state index is 0.240. The van der Waals surface area contributed by atoms with E-state index in [4.69, 9.17) is 0 Å². The van der Waals surface area contributed by atoms with Crippen molar-refractivity contribution in [2.45, 2.75) is 12.9 Å². The molecule has 0 amide bonds. The van der Waals surface area contributed by atoms with Crippen LogP contribution >= 0.6 is 0 Å². The van der Waals surface area contributed by atoms with E-state index in [-0.39, 0.29) is 5.94 Å². The molecule has 1 aliphatic rings. The first-order chi connectivity index (χ1) is 10.8. The maximum Gasteiger partial charge on any atom is 0.133 e. The Kier molecular flexibility index (Phi) is 2.87. The maximum absolute atomic E-state index is 4.47. The molecule has 0 spiro atoms. The lowest BCUT2D eigenvalue weighted by Gasteiger charge is -2.14. The number of benzene rings is 2. The molecule has 4 rings (SSSR count). The van der Waals surface area contributed by atoms with Gasteiger partial charge in [-0.3, -0.25) is 0 Å². The number of hydrogen-bond donors (Lipinski definition) is 0. The van der Waals surface area contributed by atoms with Crippen molar-refractivity contribution in [2.24, 2.45) is 0 Å². The van der Waals surface area contributed by atoms with Gasteiger partial charge < -0.3 is 0 Å². The molecule has 0 aliphatic heterocycles. The van der Waals surface area contributed by atoms with E-state index in [1.54, 1.807) is 0 Å². The molecule has 4 heteroatoms. The molecule has 1 aliphatic carbocycles. The number of fused-ring (bicyclic) bond motifs is 5. The molecule has 104 valence electrons. The van der Waals surface area contributed by atoms with Crippen LogP contribution in [0.5, 0.6) is 0 Å². The molecule has 1 heterocycles. The third-order valence-electron chi connectivity index (χ3n) is 3.88. The predicted octanol–water partition coefficient (Wildman–Crippen LogP) is 2.48. The lowest BCUT2D eigenvalue weighted by atomic mass is 9.93. The Morgan fingerprint density at radius 2 is 1.55 bits per heavy atom. The first-order valence-corrected chi connectivity index (χ1v) is 7.41. The van der Waals surface area contributed by atoms with Crippen molar-refractivity contribution in [3.63, 3.8) is 0 Å². The van der Waals surface area contributed by atoms with Crippen LogP contribution in [-0.2, 0) is 0 Å². The Balaban J connectivity index is 2.15. The molecule has 0 fully saturated rings. The van der Waals surface area contributed by atoms with Crippen LogP contribution < -0.4 is 0 Å². The Bertz CT molecular complexity index is 929. The third kappa shape index (κ3) is 1.87. The van der Waals surface area contributed by atoms with Crippen LogP contribution in [-0.4, -0.2) is 22.8 Å². The predicted molar refractivity (Wildman–Crippen MR) is 90.1 cm³/mol. The average molecular weight is 283 g/mol. The second-order valence-corrected chi connectivity index (χ2v) is 5.67. The van der Waals surface area contributed by atoms with Gasteiger partial charge in [0.1, 0.15) is 13.5 Å². The van der Waals surface area contributed by atoms with Gasteiger partial charge in [0.25, 0.3) is 0 Å². The second-order valence-electron chi connectivity index (χ2n) is 5.67. The smallest absolute Gasteiger partial charge is 0.133 e. The molecule has 1 atom stereocenters. The topological polar surface area (TPSA) is 30.7 Å². The Hall–Kier alpha value is -2.80. The lowest BCUT2D eigenvalue weighted by molar-refractivity contribution is 0.609. The lowest BCUT2D eigenvalue weighted by Crippen LogP contribution is -2.09. The fraction of sp³-hybridized carbons (Fsp3) is 0.111. The zero-order valence-corrected chi connectivity index (χ0v) is 12.5. The summed E-state index contributed by atoms with van der Waals surface area (Å²) < 4.78 is 1.98. The fourth-order valence-corrected chi connectivity index (χ4v) is 2.82. The molecule has 0 radical (unpaired) electrons. The first kappa shape index (κ1) is 12.9. The van der Waals surface area contributed by atoms with Gasteiger partial charge in [-0.15, -0.1) is 5.10 Å². The van der Waals surface area contributed by atoms with Crippen molar-refractivity contribution in [3.8, 4) is 34.4 Å². The summed E-state index contributed by atoms with van der Waals surface area (Å²) in [5.74, 6) is 6.81. The highest BCUT2D eigenvalue weighted by Gasteiger charge is 2.22. The van der Waals surface area contributed by atoms with Gasteiger partial charge in [0, 0.05) is 28.2 Å². The van der Waals surface area contributed by atoms with Gasteiger partial charge in [0.15, 0.2) is 0 Å². The molecule has 3 nitrogen and oxygen atoms in total. The summed E-state index contributed by atoms with van der Waals surface area (Å²) in [6.07, 6.45) is 0. The molecule has 3 aromatic rings. The van der Waals surface area contributed by atoms with Gasteiger partial charge in [-0.1, -0.05) is 60.4 Å². The Morgan fingerprint density at radius 3 is 2.23 bits per heavy atom. The quantitative estimate of drug-likeness (QED) is 0.397. The molecule has 1 unspecified atom stereocenters. The van der Waals surface area contributed by atoms with E-state index in [1.807, 2.05) is 35.0 Å². The minimum Gasteiger partial charge on any atom is -0.250 e. The summed E-state index contributed by atoms with van der Waals surface area (Å²) in [6.45, 7) is 2.12. The fourth-order valence-electron chi connectivity index (χ4n) is 2.82. The molecule has 1 aromatic heterocycles. The highest BCUT2D eigenvalue weighted by atomic mass is 15.4. The van der Waals surface area contributed by atoms with Crippen molar-refractivity contribution < 1.29 is 0 Å². The van der Waals surface area contributed by atoms with Crippen LogP contribution in [0.1, 0.15) is 24.0 Å². The van der Waals surface area contributed by atoms with E-state index in [1.165, 1.54) is 0 Å². The van der Waals surface area contributed by atoms with E-state index < -0.39 is 0 Å². The van der Waals surface area contributed by atoms with Gasteiger partial charge in [0.2, 0.25) is 0 Å². The van der Waals surface area contributed by atoms with Crippen molar-refractivity contribution in [1.82, 2.24) is 15.0 Å². The van der Waals surface area contributed by atoms with Gasteiger partial charge in [-0.25, -0.2) is 4.68 Å². The highest BCUT2D eigenvalue weighted by Crippen LogP contribution is 2.36. The van der Waals surface area contributed by atoms with Crippen molar-refractivity contribution in [1.29, 1.82) is 0 Å². The van der Waals surface area contributed by atoms with Gasteiger partial charge in [0.05, 0.1) is 5.69 Å². The standard InChI is InChI=1S/C18H14BN3/c1-12(19)22-18-16-9-5-3-7-14(16)11-10-13-6-2-4-8-15(13)17(18)20-21-22/h2-9,12H,19H2,1H3. The summed E-state index contributed by atoms with van der Waals surface area (Å²) in [6, 6.07) is 16.3. The number of rotatable bonds is 1. The largest absolute Gasteiger partial charge is 0.250 e. The first-order valence-electron chi connectivity index (χ1n) is 7.41. The summed E-state index contributed by atoms with van der Waals surface area (Å²) >= 11 is 0. The molecule has 0 saturated heterocycles. The van der Waals surface area contributed by atoms with Crippen LogP contribution in [0.15, 0.2) is 48.5 Å². The van der Waals surface area contributed by atoms with Gasteiger partial charge in [-0.2, -0.15) is 0 Å². The highest BCUT2D eigenvalue weighted by molar-refractivity contribution is 6.10. The van der Waals surface area contributed by atoms with E-state index in [0.717, 1.165) is 33.6 Å². The van der Waals surface area contributed by atoms with Crippen molar-refractivity contribution >= 4 is 7.85 Å². The minimum atomic E-state index is 0.240. The zero-order chi connectivity index (χ0) is 15.1. The number of aromatic nitrogens is 3. The number of hydrogen-bond acceptors (Lipinski definition) is 2. The van der Waals surface area contributed by atoms with Crippen LogP contribution in [0, 0.1) is 11.8 Å². The van der Waals surface area contributed by atoms with Crippen molar-refractivity contribution in [2.75, 3.05) is 0 Å². The second kappa shape index (κ2) is 4.89. The average Bonchev–Trinajstić information content (AvgIpc) is 2.96. The van der Waals surface area contributed by atoms with Crippen LogP contribution in [0.3, 0.4) is 0 Å². The third-order valence-corrected chi connectivity index (χ3v) is 3.88. The van der Waals surface area contributed by atoms with Gasteiger partial charge in [-0.05, 0) is 12.1 Å². The Morgan fingerprint density at radius 1 is 0.955 bits per heavy atom. The molecule has 2 aromatic carbocycles. The molecular weight excluding hydrogens is 269 g/mol. The molecule has 0 N–H and O–H groups in total. The summed E-state index contributed by atoms with van der Waals surface area (Å²) in [5.41, 5.74) is 6.11. The van der Waals surface area contributed by atoms with Crippen LogP contribution in [0.4, 0.5) is 0 Å². The van der Waals surface area contributed by atoms with Crippen LogP contribution in [0.2, 0.25) is 0 Å². The van der Waals surface area contributed by atoms with E-state index in [0.29, 0.717) is 0 Å². The zero-order valence-electron chi connectivity index (χ0n) is 12.5. The van der Waals surface area contributed by atoms with Crippen molar-refractivity contribution in [3.05, 3.63) is 59.7 Å². The van der Waals surface area contributed by atoms with E-state index in [9.17, 15) is 0 Å². The summed E-state index contributed by atoms with van der Waals surface area (Å²) in [7, 11) is 2.12. The Labute approximate surface area is 130 Å². The van der Waals surface area contributed by atoms with E-state index in [2.05, 4.69) is 55.1 Å². The molecule has 0 bridgehead atoms. The SMILES string of the molecule is BC(C)n1nnc2c1-c1ccccc1C#Cc1ccccc1-2. The van der Waals surface area contributed by atoms with E-state index >= 15 is 0 Å². The van der Waals surface area contributed by atoms with Gasteiger partial charge >= 0.3 is 0 Å². The summed E-state index contributed by atoms with van der Waals surface area (Å²) in [4.78, 5) is 0. The normalized spacial score (nSPS) is 12.8. The number of nitrogens with zero attached hydrogens (tertiary/aromatic N) is 3. The summed E-state index contributed by atoms with van der Waals surface area (Å²) in [5, 5.41) is 8.85. The monoisotopic (exact) mass is 283 g/mol. The maximum atomic E-state index is 4.47.